The zero-order valence-corrected chi connectivity index (χ0v) is 22.5. The Kier molecular flexibility index (Phi) is 11.7. The van der Waals surface area contributed by atoms with Gasteiger partial charge in [0, 0.05) is 33.5 Å². The number of phenols is 1. The molecule has 172 valence electrons. The third kappa shape index (κ3) is 10.7. The van der Waals surface area contributed by atoms with Crippen molar-refractivity contribution in [1.82, 2.24) is 9.97 Å². The Morgan fingerprint density at radius 2 is 1.15 bits per heavy atom. The van der Waals surface area contributed by atoms with Gasteiger partial charge in [-0.15, -0.1) is 0 Å². The summed E-state index contributed by atoms with van der Waals surface area (Å²) in [4.78, 5) is 8.02. The number of nitrogens with zero attached hydrogens (tertiary/aromatic N) is 2. The van der Waals surface area contributed by atoms with Crippen molar-refractivity contribution in [2.24, 2.45) is 0 Å². The number of hydrogen-bond donors (Lipinski definition) is 1. The Morgan fingerprint density at radius 1 is 0.636 bits per heavy atom. The van der Waals surface area contributed by atoms with E-state index in [2.05, 4.69) is 57.8 Å². The van der Waals surface area contributed by atoms with Crippen LogP contribution in [0.2, 0.25) is 0 Å². The maximum absolute atomic E-state index is 8.74. The third-order valence-electron chi connectivity index (χ3n) is 3.74. The lowest BCUT2D eigenvalue weighted by atomic mass is 10.3. The quantitative estimate of drug-likeness (QED) is 0.231. The van der Waals surface area contributed by atoms with E-state index in [1.165, 1.54) is 0 Å². The topological polar surface area (TPSA) is 73.7 Å². The molecule has 2 heterocycles. The monoisotopic (exact) mass is 638 g/mol. The van der Waals surface area contributed by atoms with E-state index in [-0.39, 0.29) is 0 Å². The first kappa shape index (κ1) is 26.6. The lowest BCUT2D eigenvalue weighted by Crippen LogP contribution is -1.89. The van der Waals surface area contributed by atoms with Gasteiger partial charge in [0.2, 0.25) is 5.88 Å². The first-order chi connectivity index (χ1) is 15.9. The van der Waals surface area contributed by atoms with Crippen LogP contribution in [0.3, 0.4) is 0 Å². The predicted molar refractivity (Wildman–Crippen MR) is 139 cm³/mol. The van der Waals surface area contributed by atoms with Crippen LogP contribution in [0.5, 0.6) is 28.9 Å². The Labute approximate surface area is 218 Å². The van der Waals surface area contributed by atoms with Crippen molar-refractivity contribution >= 4 is 47.8 Å². The van der Waals surface area contributed by atoms with E-state index in [4.69, 9.17) is 19.3 Å². The van der Waals surface area contributed by atoms with Gasteiger partial charge in [-0.25, -0.2) is 9.97 Å². The summed E-state index contributed by atoms with van der Waals surface area (Å²) in [5.41, 5.74) is 0. The SMILES string of the molecule is COc1ccnc(Br)c1.COc1ccnc(Oc2ccc(Br)cc2)c1.Oc1ccc(Br)cc1. The van der Waals surface area contributed by atoms with Gasteiger partial charge in [0.25, 0.3) is 0 Å². The van der Waals surface area contributed by atoms with E-state index in [1.807, 2.05) is 24.3 Å². The second kappa shape index (κ2) is 14.5. The normalized spacial score (nSPS) is 9.48. The van der Waals surface area contributed by atoms with Crippen LogP contribution in [0.1, 0.15) is 0 Å². The number of ether oxygens (including phenoxy) is 3. The van der Waals surface area contributed by atoms with Crippen LogP contribution in [0.4, 0.5) is 0 Å². The predicted octanol–water partition coefficient (Wildman–Crippen LogP) is 7.65. The maximum Gasteiger partial charge on any atom is 0.222 e. The second-order valence-corrected chi connectivity index (χ2v) is 8.73. The summed E-state index contributed by atoms with van der Waals surface area (Å²) in [7, 11) is 3.24. The number of benzene rings is 2. The smallest absolute Gasteiger partial charge is 0.222 e. The van der Waals surface area contributed by atoms with Crippen LogP contribution >= 0.6 is 47.8 Å². The molecule has 4 aromatic rings. The second-order valence-electron chi connectivity index (χ2n) is 6.08. The number of hydrogen-bond acceptors (Lipinski definition) is 6. The van der Waals surface area contributed by atoms with Crippen LogP contribution in [0.25, 0.3) is 0 Å². The molecule has 0 saturated heterocycles. The standard InChI is InChI=1S/C12H10BrNO2.C6H6BrNO.C6H5BrO/c1-15-11-6-7-14-12(8-11)16-10-4-2-9(13)3-5-10;1-9-5-2-3-8-6(7)4-5;7-5-1-3-6(8)4-2-5/h2-8H,1H3;2-4H,1H3;1-4,8H. The minimum Gasteiger partial charge on any atom is -0.508 e. The van der Waals surface area contributed by atoms with E-state index in [1.54, 1.807) is 75.1 Å². The number of aromatic hydroxyl groups is 1. The minimum absolute atomic E-state index is 0.299. The van der Waals surface area contributed by atoms with Gasteiger partial charge < -0.3 is 19.3 Å². The highest BCUT2D eigenvalue weighted by molar-refractivity contribution is 9.11. The average Bonchev–Trinajstić information content (AvgIpc) is 2.83. The first-order valence-corrected chi connectivity index (χ1v) is 11.8. The first-order valence-electron chi connectivity index (χ1n) is 9.43. The molecule has 0 atom stereocenters. The Balaban J connectivity index is 0.000000192. The Morgan fingerprint density at radius 3 is 1.64 bits per heavy atom. The summed E-state index contributed by atoms with van der Waals surface area (Å²) in [6.45, 7) is 0. The molecule has 0 aliphatic rings. The van der Waals surface area contributed by atoms with Crippen LogP contribution < -0.4 is 14.2 Å². The van der Waals surface area contributed by atoms with Crippen molar-refractivity contribution in [2.75, 3.05) is 14.2 Å². The number of rotatable bonds is 4. The number of halogens is 3. The molecule has 0 unspecified atom stereocenters. The molecular weight excluding hydrogens is 620 g/mol. The van der Waals surface area contributed by atoms with Crippen molar-refractivity contribution in [2.45, 2.75) is 0 Å². The highest BCUT2D eigenvalue weighted by Crippen LogP contribution is 2.24. The lowest BCUT2D eigenvalue weighted by molar-refractivity contribution is 0.405. The summed E-state index contributed by atoms with van der Waals surface area (Å²) < 4.78 is 18.4. The molecule has 4 rings (SSSR count). The zero-order chi connectivity index (χ0) is 24.1. The van der Waals surface area contributed by atoms with E-state index >= 15 is 0 Å². The highest BCUT2D eigenvalue weighted by Gasteiger charge is 2.00. The van der Waals surface area contributed by atoms with Gasteiger partial charge in [0.15, 0.2) is 0 Å². The van der Waals surface area contributed by atoms with Gasteiger partial charge in [-0.05, 0) is 76.6 Å². The molecule has 1 N–H and O–H groups in total. The van der Waals surface area contributed by atoms with E-state index < -0.39 is 0 Å². The van der Waals surface area contributed by atoms with Gasteiger partial charge in [0.05, 0.1) is 14.2 Å². The fourth-order valence-electron chi connectivity index (χ4n) is 2.15. The number of phenolic OH excluding ortho intramolecular Hbond substituents is 1. The van der Waals surface area contributed by atoms with E-state index in [0.29, 0.717) is 11.6 Å². The lowest BCUT2D eigenvalue weighted by Gasteiger charge is -2.05. The van der Waals surface area contributed by atoms with Gasteiger partial charge in [-0.1, -0.05) is 31.9 Å². The largest absolute Gasteiger partial charge is 0.508 e. The van der Waals surface area contributed by atoms with Crippen LogP contribution in [0.15, 0.2) is 98.7 Å². The van der Waals surface area contributed by atoms with Crippen molar-refractivity contribution in [3.05, 3.63) is 98.7 Å². The van der Waals surface area contributed by atoms with E-state index in [0.717, 1.165) is 30.8 Å². The zero-order valence-electron chi connectivity index (χ0n) is 17.8. The Bertz CT molecular complexity index is 1090. The molecule has 2 aromatic carbocycles. The highest BCUT2D eigenvalue weighted by atomic mass is 79.9. The van der Waals surface area contributed by atoms with E-state index in [9.17, 15) is 0 Å². The van der Waals surface area contributed by atoms with Crippen molar-refractivity contribution in [3.63, 3.8) is 0 Å². The van der Waals surface area contributed by atoms with Crippen LogP contribution in [-0.2, 0) is 0 Å². The summed E-state index contributed by atoms with van der Waals surface area (Å²) in [6.07, 6.45) is 3.33. The summed E-state index contributed by atoms with van der Waals surface area (Å²) in [6, 6.07) is 21.5. The van der Waals surface area contributed by atoms with Crippen molar-refractivity contribution in [1.29, 1.82) is 0 Å². The molecule has 0 saturated carbocycles. The number of aromatic nitrogens is 2. The van der Waals surface area contributed by atoms with Crippen molar-refractivity contribution < 1.29 is 19.3 Å². The average molecular weight is 641 g/mol. The molecule has 0 aliphatic heterocycles. The molecule has 0 radical (unpaired) electrons. The molecule has 6 nitrogen and oxygen atoms in total. The summed E-state index contributed by atoms with van der Waals surface area (Å²) >= 11 is 9.81. The fraction of sp³-hybridized carbons (Fsp3) is 0.0833. The molecule has 0 aliphatic carbocycles. The molecule has 0 fully saturated rings. The molecular formula is C24H21Br3N2O4. The third-order valence-corrected chi connectivity index (χ3v) is 5.23. The van der Waals surface area contributed by atoms with Crippen molar-refractivity contribution in [3.8, 4) is 28.9 Å². The summed E-state index contributed by atoms with van der Waals surface area (Å²) in [5.74, 6) is 3.10. The minimum atomic E-state index is 0.299. The fourth-order valence-corrected chi connectivity index (χ4v) is 3.02. The molecule has 0 spiro atoms. The maximum atomic E-state index is 8.74. The molecule has 0 amide bonds. The van der Waals surface area contributed by atoms with Gasteiger partial charge in [-0.2, -0.15) is 0 Å². The van der Waals surface area contributed by atoms with Gasteiger partial charge in [-0.3, -0.25) is 0 Å². The molecule has 33 heavy (non-hydrogen) atoms. The van der Waals surface area contributed by atoms with Gasteiger partial charge in [0.1, 0.15) is 27.6 Å². The molecule has 0 bridgehead atoms. The Hall–Kier alpha value is -2.62. The van der Waals surface area contributed by atoms with Crippen LogP contribution in [0, 0.1) is 0 Å². The van der Waals surface area contributed by atoms with Crippen LogP contribution in [-0.4, -0.2) is 29.3 Å². The summed E-state index contributed by atoms with van der Waals surface area (Å²) in [5, 5.41) is 8.74. The number of pyridine rings is 2. The number of methoxy groups -OCH3 is 2. The molecule has 2 aromatic heterocycles. The van der Waals surface area contributed by atoms with Gasteiger partial charge >= 0.3 is 0 Å². The molecule has 9 heteroatoms.